The molecule has 0 radical (unpaired) electrons. The molecule has 1 unspecified atom stereocenters. The summed E-state index contributed by atoms with van der Waals surface area (Å²) < 4.78 is 40.3. The van der Waals surface area contributed by atoms with Gasteiger partial charge in [-0.2, -0.15) is 4.63 Å². The molecule has 2 heterocycles. The van der Waals surface area contributed by atoms with Gasteiger partial charge in [0.1, 0.15) is 17.4 Å². The van der Waals surface area contributed by atoms with Crippen LogP contribution >= 0.6 is 11.6 Å². The Kier molecular flexibility index (Phi) is 16.9. The fraction of sp³-hybridized carbons (Fsp3) is 0.667. The average molecular weight is 737 g/mol. The minimum absolute atomic E-state index is 0.0118. The summed E-state index contributed by atoms with van der Waals surface area (Å²) in [6.07, 6.45) is 12.9. The number of nitrogens with one attached hydrogen (secondary N) is 3. The van der Waals surface area contributed by atoms with Gasteiger partial charge in [-0.25, -0.2) is 13.4 Å². The highest BCUT2D eigenvalue weighted by atomic mass is 35.5. The van der Waals surface area contributed by atoms with Gasteiger partial charge in [0.15, 0.2) is 17.6 Å². The molecule has 2 aromatic heterocycles. The van der Waals surface area contributed by atoms with E-state index in [9.17, 15) is 18.0 Å². The number of aromatic amines is 1. The Balaban J connectivity index is 1.50. The molecule has 3 rings (SSSR count). The molecular weight excluding hydrogens is 680 g/mol. The van der Waals surface area contributed by atoms with E-state index in [0.717, 1.165) is 31.4 Å². The smallest absolute Gasteiger partial charge is 0.307 e. The van der Waals surface area contributed by atoms with Crippen molar-refractivity contribution in [3.05, 3.63) is 40.8 Å². The third kappa shape index (κ3) is 13.8. The number of H-pyrrole nitrogens is 1. The van der Waals surface area contributed by atoms with Crippen LogP contribution in [0.4, 0.5) is 5.69 Å². The number of fused-ring (bicyclic) bond motifs is 1. The second-order valence-corrected chi connectivity index (χ2v) is 15.9. The number of halogens is 1. The average Bonchev–Trinajstić information content (AvgIpc) is 3.62. The molecule has 3 aromatic rings. The standard InChI is InChI=1S/C36H57ClN6O6S/c1-6-8-10-11-12-13-14-15-16-17-18-30(49-29-21-19-28(20-22-29)42-50(46,47)25-9-7-2)34(45)38-24-23-31(44)48-26-36(4,5)35-39-33-32(37)27(3)40-43(33)41-35/h19-22,30,40,42H,6-18,23-26H2,1-5H3,(H,38,45). The van der Waals surface area contributed by atoms with E-state index >= 15 is 0 Å². The lowest BCUT2D eigenvalue weighted by Crippen LogP contribution is -2.39. The number of amides is 1. The van der Waals surface area contributed by atoms with E-state index in [2.05, 4.69) is 32.1 Å². The predicted molar refractivity (Wildman–Crippen MR) is 198 cm³/mol. The molecule has 0 saturated heterocycles. The molecule has 1 amide bonds. The Morgan fingerprint density at radius 2 is 1.58 bits per heavy atom. The van der Waals surface area contributed by atoms with Crippen molar-refractivity contribution in [2.75, 3.05) is 23.6 Å². The van der Waals surface area contributed by atoms with E-state index < -0.39 is 27.5 Å². The largest absolute Gasteiger partial charge is 0.481 e. The second-order valence-electron chi connectivity index (χ2n) is 13.7. The van der Waals surface area contributed by atoms with Crippen molar-refractivity contribution >= 4 is 44.8 Å². The Hall–Kier alpha value is -3.32. The summed E-state index contributed by atoms with van der Waals surface area (Å²) in [5.74, 6) is 0.225. The molecule has 50 heavy (non-hydrogen) atoms. The summed E-state index contributed by atoms with van der Waals surface area (Å²) in [5, 5.41) is 10.8. The maximum Gasteiger partial charge on any atom is 0.307 e. The van der Waals surface area contributed by atoms with Crippen LogP contribution in [0, 0.1) is 6.92 Å². The number of anilines is 1. The molecule has 0 saturated carbocycles. The molecular formula is C36H57ClN6O6S. The number of benzene rings is 1. The van der Waals surface area contributed by atoms with Crippen molar-refractivity contribution in [2.45, 2.75) is 136 Å². The number of aromatic nitrogens is 4. The summed E-state index contributed by atoms with van der Waals surface area (Å²) in [6.45, 7) is 9.90. The van der Waals surface area contributed by atoms with Gasteiger partial charge < -0.3 is 14.8 Å². The number of carbonyl (C=O) groups excluding carboxylic acids is 2. The van der Waals surface area contributed by atoms with Gasteiger partial charge in [-0.15, -0.1) is 5.10 Å². The fourth-order valence-corrected chi connectivity index (χ4v) is 6.82. The third-order valence-corrected chi connectivity index (χ3v) is 10.3. The molecule has 280 valence electrons. The minimum atomic E-state index is -3.43. The summed E-state index contributed by atoms with van der Waals surface area (Å²) in [4.78, 5) is 30.4. The van der Waals surface area contributed by atoms with Crippen molar-refractivity contribution in [1.29, 1.82) is 0 Å². The molecule has 12 nitrogen and oxygen atoms in total. The number of carbonyl (C=O) groups is 2. The van der Waals surface area contributed by atoms with Gasteiger partial charge in [-0.3, -0.25) is 19.4 Å². The monoisotopic (exact) mass is 736 g/mol. The number of ether oxygens (including phenoxy) is 2. The number of rotatable bonds is 25. The fourth-order valence-electron chi connectivity index (χ4n) is 5.39. The predicted octanol–water partition coefficient (Wildman–Crippen LogP) is 7.65. The zero-order valence-corrected chi connectivity index (χ0v) is 32.1. The number of nitrogens with zero attached hydrogens (tertiary/aromatic N) is 3. The zero-order chi connectivity index (χ0) is 36.6. The molecule has 0 fully saturated rings. The summed E-state index contributed by atoms with van der Waals surface area (Å²) in [5.41, 5.74) is 1.04. The molecule has 0 aliphatic carbocycles. The Morgan fingerprint density at radius 3 is 2.20 bits per heavy atom. The van der Waals surface area contributed by atoms with Gasteiger partial charge in [0.05, 0.1) is 23.3 Å². The first kappa shape index (κ1) is 41.1. The summed E-state index contributed by atoms with van der Waals surface area (Å²) in [7, 11) is -3.43. The molecule has 0 aliphatic heterocycles. The van der Waals surface area contributed by atoms with Crippen LogP contribution in [0.2, 0.25) is 5.02 Å². The maximum atomic E-state index is 13.3. The normalized spacial score (nSPS) is 12.6. The first-order valence-corrected chi connectivity index (χ1v) is 20.2. The van der Waals surface area contributed by atoms with Crippen molar-refractivity contribution < 1.29 is 27.5 Å². The lowest BCUT2D eigenvalue weighted by atomic mass is 9.94. The van der Waals surface area contributed by atoms with Crippen LogP contribution in [-0.4, -0.2) is 65.1 Å². The topological polar surface area (TPSA) is 157 Å². The third-order valence-electron chi connectivity index (χ3n) is 8.52. The summed E-state index contributed by atoms with van der Waals surface area (Å²) in [6, 6.07) is 6.56. The zero-order valence-electron chi connectivity index (χ0n) is 30.5. The lowest BCUT2D eigenvalue weighted by molar-refractivity contribution is -0.145. The van der Waals surface area contributed by atoms with E-state index in [1.165, 1.54) is 49.6 Å². The molecule has 0 spiro atoms. The second kappa shape index (κ2) is 20.5. The van der Waals surface area contributed by atoms with E-state index in [1.807, 2.05) is 27.7 Å². The van der Waals surface area contributed by atoms with Crippen molar-refractivity contribution in [1.82, 2.24) is 25.1 Å². The molecule has 3 N–H and O–H groups in total. The quantitative estimate of drug-likeness (QED) is 0.0592. The van der Waals surface area contributed by atoms with Crippen LogP contribution in [0.25, 0.3) is 5.65 Å². The van der Waals surface area contributed by atoms with Gasteiger partial charge in [0, 0.05) is 12.2 Å². The van der Waals surface area contributed by atoms with E-state index in [1.54, 1.807) is 24.3 Å². The highest BCUT2D eigenvalue weighted by Gasteiger charge is 2.29. The Bertz CT molecular complexity index is 1590. The van der Waals surface area contributed by atoms with Crippen LogP contribution in [-0.2, 0) is 29.8 Å². The van der Waals surface area contributed by atoms with Gasteiger partial charge >= 0.3 is 5.97 Å². The number of hydrogen-bond acceptors (Lipinski definition) is 8. The van der Waals surface area contributed by atoms with Gasteiger partial charge in [-0.05, 0) is 64.3 Å². The van der Waals surface area contributed by atoms with Crippen LogP contribution in [0.15, 0.2) is 24.3 Å². The number of esters is 1. The minimum Gasteiger partial charge on any atom is -0.481 e. The highest BCUT2D eigenvalue weighted by molar-refractivity contribution is 7.92. The Morgan fingerprint density at radius 1 is 0.960 bits per heavy atom. The van der Waals surface area contributed by atoms with E-state index in [-0.39, 0.29) is 31.2 Å². The molecule has 1 aromatic carbocycles. The maximum absolute atomic E-state index is 13.3. The molecule has 14 heteroatoms. The number of hydrogen-bond donors (Lipinski definition) is 3. The summed E-state index contributed by atoms with van der Waals surface area (Å²) >= 11 is 6.29. The van der Waals surface area contributed by atoms with Gasteiger partial charge in [-0.1, -0.05) is 89.7 Å². The van der Waals surface area contributed by atoms with Gasteiger partial charge in [0.2, 0.25) is 10.0 Å². The van der Waals surface area contributed by atoms with Crippen molar-refractivity contribution in [3.8, 4) is 5.75 Å². The first-order valence-electron chi connectivity index (χ1n) is 18.2. The van der Waals surface area contributed by atoms with Crippen molar-refractivity contribution in [3.63, 3.8) is 0 Å². The molecule has 1 atom stereocenters. The Labute approximate surface area is 302 Å². The first-order chi connectivity index (χ1) is 23.8. The van der Waals surface area contributed by atoms with Crippen molar-refractivity contribution in [2.24, 2.45) is 0 Å². The van der Waals surface area contributed by atoms with E-state index in [0.29, 0.717) is 40.8 Å². The van der Waals surface area contributed by atoms with Gasteiger partial charge in [0.25, 0.3) is 5.91 Å². The van der Waals surface area contributed by atoms with E-state index in [4.69, 9.17) is 21.1 Å². The molecule has 0 bridgehead atoms. The van der Waals surface area contributed by atoms with Crippen LogP contribution in [0.3, 0.4) is 0 Å². The molecule has 0 aliphatic rings. The van der Waals surface area contributed by atoms with Crippen LogP contribution in [0.1, 0.15) is 129 Å². The number of sulfonamides is 1. The number of aryl methyl sites for hydroxylation is 1. The highest BCUT2D eigenvalue weighted by Crippen LogP contribution is 2.25. The van der Waals surface area contributed by atoms with Crippen LogP contribution in [0.5, 0.6) is 5.75 Å². The van der Waals surface area contributed by atoms with Crippen LogP contribution < -0.4 is 14.8 Å². The SMILES string of the molecule is CCCCCCCCCCCCC(Oc1ccc(NS(=O)(=O)CCCC)cc1)C(=O)NCCC(=O)OCC(C)(C)c1nc2c(Cl)c(C)[nH]n2n1. The lowest BCUT2D eigenvalue weighted by Gasteiger charge is -2.21. The number of unbranched alkanes of at least 4 members (excludes halogenated alkanes) is 10.